The maximum absolute atomic E-state index is 11.2. The molecule has 0 amide bonds. The quantitative estimate of drug-likeness (QED) is 0.500. The molecule has 0 saturated heterocycles. The topological polar surface area (TPSA) is 44.8 Å². The zero-order valence-corrected chi connectivity index (χ0v) is 14.7. The lowest BCUT2D eigenvalue weighted by molar-refractivity contribution is 0.112. The summed E-state index contributed by atoms with van der Waals surface area (Å²) in [5, 5.41) is 0. The van der Waals surface area contributed by atoms with E-state index in [0.29, 0.717) is 29.4 Å². The Morgan fingerprint density at radius 2 is 1.83 bits per heavy atom. The number of unbranched alkanes of at least 4 members (excludes halogenated alkanes) is 1. The van der Waals surface area contributed by atoms with Crippen molar-refractivity contribution < 1.29 is 19.0 Å². The summed E-state index contributed by atoms with van der Waals surface area (Å²) in [6, 6.07) is 9.21. The molecular formula is C20H24O4. The SMILES string of the molecule is CCCCOc1c(OC)cc(C=O)cc1Oc1cccc(C)c1C. The third-order valence-corrected chi connectivity index (χ3v) is 3.92. The van der Waals surface area contributed by atoms with Crippen molar-refractivity contribution in [3.8, 4) is 23.0 Å². The van der Waals surface area contributed by atoms with Crippen molar-refractivity contribution in [2.45, 2.75) is 33.6 Å². The lowest BCUT2D eigenvalue weighted by atomic mass is 10.1. The van der Waals surface area contributed by atoms with Crippen LogP contribution in [0.25, 0.3) is 0 Å². The molecule has 0 fully saturated rings. The predicted octanol–water partition coefficient (Wildman–Crippen LogP) is 5.10. The summed E-state index contributed by atoms with van der Waals surface area (Å²) in [6.45, 7) is 6.70. The summed E-state index contributed by atoms with van der Waals surface area (Å²) in [6.07, 6.45) is 2.73. The summed E-state index contributed by atoms with van der Waals surface area (Å²) in [5.74, 6) is 2.25. The van der Waals surface area contributed by atoms with Crippen LogP contribution in [0.4, 0.5) is 0 Å². The first-order valence-electron chi connectivity index (χ1n) is 8.14. The van der Waals surface area contributed by atoms with Crippen LogP contribution >= 0.6 is 0 Å². The number of hydrogen-bond acceptors (Lipinski definition) is 4. The van der Waals surface area contributed by atoms with Crippen molar-refractivity contribution >= 4 is 6.29 Å². The van der Waals surface area contributed by atoms with E-state index in [1.54, 1.807) is 19.2 Å². The number of ether oxygens (including phenoxy) is 3. The minimum absolute atomic E-state index is 0.481. The van der Waals surface area contributed by atoms with Gasteiger partial charge in [0.15, 0.2) is 11.5 Å². The molecule has 128 valence electrons. The molecule has 0 aliphatic rings. The minimum atomic E-state index is 0.481. The molecule has 0 N–H and O–H groups in total. The van der Waals surface area contributed by atoms with Gasteiger partial charge in [0.1, 0.15) is 12.0 Å². The van der Waals surface area contributed by atoms with E-state index in [4.69, 9.17) is 14.2 Å². The molecular weight excluding hydrogens is 304 g/mol. The Balaban J connectivity index is 2.44. The van der Waals surface area contributed by atoms with Crippen LogP contribution in [0.2, 0.25) is 0 Å². The van der Waals surface area contributed by atoms with Crippen LogP contribution in [-0.2, 0) is 0 Å². The van der Waals surface area contributed by atoms with Gasteiger partial charge in [0.2, 0.25) is 5.75 Å². The summed E-state index contributed by atoms with van der Waals surface area (Å²) < 4.78 is 17.3. The van der Waals surface area contributed by atoms with Gasteiger partial charge in [0.05, 0.1) is 13.7 Å². The van der Waals surface area contributed by atoms with Crippen LogP contribution in [-0.4, -0.2) is 20.0 Å². The van der Waals surface area contributed by atoms with Gasteiger partial charge < -0.3 is 14.2 Å². The van der Waals surface area contributed by atoms with E-state index in [1.165, 1.54) is 0 Å². The number of aryl methyl sites for hydroxylation is 1. The lowest BCUT2D eigenvalue weighted by Gasteiger charge is -2.17. The van der Waals surface area contributed by atoms with Gasteiger partial charge in [0.25, 0.3) is 0 Å². The average Bonchev–Trinajstić information content (AvgIpc) is 2.59. The lowest BCUT2D eigenvalue weighted by Crippen LogP contribution is -2.02. The number of aldehydes is 1. The second-order valence-corrected chi connectivity index (χ2v) is 5.67. The Labute approximate surface area is 143 Å². The zero-order valence-electron chi connectivity index (χ0n) is 14.7. The third-order valence-electron chi connectivity index (χ3n) is 3.92. The summed E-state index contributed by atoms with van der Waals surface area (Å²) >= 11 is 0. The minimum Gasteiger partial charge on any atom is -0.493 e. The Morgan fingerprint density at radius 3 is 2.50 bits per heavy atom. The number of hydrogen-bond donors (Lipinski definition) is 0. The Kier molecular flexibility index (Phi) is 6.24. The van der Waals surface area contributed by atoms with Gasteiger partial charge in [-0.2, -0.15) is 0 Å². The van der Waals surface area contributed by atoms with Gasteiger partial charge in [-0.1, -0.05) is 25.5 Å². The van der Waals surface area contributed by atoms with Crippen molar-refractivity contribution in [1.82, 2.24) is 0 Å². The molecule has 4 heteroatoms. The van der Waals surface area contributed by atoms with E-state index in [-0.39, 0.29) is 0 Å². The molecule has 0 saturated carbocycles. The summed E-state index contributed by atoms with van der Waals surface area (Å²) in [5.41, 5.74) is 2.67. The summed E-state index contributed by atoms with van der Waals surface area (Å²) in [4.78, 5) is 11.2. The number of rotatable bonds is 8. The zero-order chi connectivity index (χ0) is 17.5. The molecule has 2 aromatic rings. The standard InChI is InChI=1S/C20H24O4/c1-5-6-10-23-20-18(22-4)11-16(13-21)12-19(20)24-17-9-7-8-14(2)15(17)3/h7-9,11-13H,5-6,10H2,1-4H3. The second-order valence-electron chi connectivity index (χ2n) is 5.67. The number of carbonyl (C=O) groups excluding carboxylic acids is 1. The largest absolute Gasteiger partial charge is 0.493 e. The second kappa shape index (κ2) is 8.39. The molecule has 0 aliphatic heterocycles. The van der Waals surface area contributed by atoms with Crippen molar-refractivity contribution in [3.63, 3.8) is 0 Å². The number of benzene rings is 2. The van der Waals surface area contributed by atoms with Crippen LogP contribution in [0.3, 0.4) is 0 Å². The fourth-order valence-electron chi connectivity index (χ4n) is 2.31. The van der Waals surface area contributed by atoms with E-state index in [2.05, 4.69) is 6.92 Å². The summed E-state index contributed by atoms with van der Waals surface area (Å²) in [7, 11) is 1.55. The van der Waals surface area contributed by atoms with Crippen LogP contribution in [0.5, 0.6) is 23.0 Å². The molecule has 2 rings (SSSR count). The molecule has 0 bridgehead atoms. The van der Waals surface area contributed by atoms with E-state index in [1.807, 2.05) is 32.0 Å². The van der Waals surface area contributed by atoms with Gasteiger partial charge in [-0.15, -0.1) is 0 Å². The van der Waals surface area contributed by atoms with Gasteiger partial charge >= 0.3 is 0 Å². The van der Waals surface area contributed by atoms with Gasteiger partial charge in [-0.05, 0) is 49.6 Å². The van der Waals surface area contributed by atoms with E-state index < -0.39 is 0 Å². The Hall–Kier alpha value is -2.49. The maximum Gasteiger partial charge on any atom is 0.204 e. The van der Waals surface area contributed by atoms with Gasteiger partial charge in [-0.25, -0.2) is 0 Å². The molecule has 0 heterocycles. The van der Waals surface area contributed by atoms with E-state index >= 15 is 0 Å². The fraction of sp³-hybridized carbons (Fsp3) is 0.350. The van der Waals surface area contributed by atoms with Crippen LogP contribution in [0.1, 0.15) is 41.3 Å². The monoisotopic (exact) mass is 328 g/mol. The molecule has 0 spiro atoms. The normalized spacial score (nSPS) is 10.3. The molecule has 0 radical (unpaired) electrons. The smallest absolute Gasteiger partial charge is 0.204 e. The average molecular weight is 328 g/mol. The Bertz CT molecular complexity index is 707. The predicted molar refractivity (Wildman–Crippen MR) is 94.8 cm³/mol. The highest BCUT2D eigenvalue weighted by atomic mass is 16.5. The molecule has 4 nitrogen and oxygen atoms in total. The van der Waals surface area contributed by atoms with Crippen molar-refractivity contribution in [2.75, 3.05) is 13.7 Å². The maximum atomic E-state index is 11.2. The molecule has 0 unspecified atom stereocenters. The van der Waals surface area contributed by atoms with Crippen molar-refractivity contribution in [2.24, 2.45) is 0 Å². The van der Waals surface area contributed by atoms with Gasteiger partial charge in [-0.3, -0.25) is 4.79 Å². The first-order valence-corrected chi connectivity index (χ1v) is 8.14. The van der Waals surface area contributed by atoms with E-state index in [9.17, 15) is 4.79 Å². The number of carbonyl (C=O) groups is 1. The van der Waals surface area contributed by atoms with E-state index in [0.717, 1.165) is 36.0 Å². The third kappa shape index (κ3) is 4.07. The van der Waals surface area contributed by atoms with Crippen LogP contribution in [0, 0.1) is 13.8 Å². The van der Waals surface area contributed by atoms with Crippen molar-refractivity contribution in [1.29, 1.82) is 0 Å². The molecule has 0 atom stereocenters. The Morgan fingerprint density at radius 1 is 1.08 bits per heavy atom. The first kappa shape index (κ1) is 17.9. The highest BCUT2D eigenvalue weighted by Gasteiger charge is 2.16. The molecule has 2 aromatic carbocycles. The van der Waals surface area contributed by atoms with Crippen molar-refractivity contribution in [3.05, 3.63) is 47.0 Å². The molecule has 24 heavy (non-hydrogen) atoms. The molecule has 0 aromatic heterocycles. The first-order chi connectivity index (χ1) is 11.6. The number of methoxy groups -OCH3 is 1. The van der Waals surface area contributed by atoms with Crippen LogP contribution < -0.4 is 14.2 Å². The van der Waals surface area contributed by atoms with Gasteiger partial charge in [0, 0.05) is 5.56 Å². The highest BCUT2D eigenvalue weighted by molar-refractivity contribution is 5.78. The molecule has 0 aliphatic carbocycles. The van der Waals surface area contributed by atoms with Crippen LogP contribution in [0.15, 0.2) is 30.3 Å². The highest BCUT2D eigenvalue weighted by Crippen LogP contribution is 2.41. The fourth-order valence-corrected chi connectivity index (χ4v) is 2.31.